The van der Waals surface area contributed by atoms with E-state index in [9.17, 15) is 4.79 Å². The van der Waals surface area contributed by atoms with Crippen molar-refractivity contribution in [3.63, 3.8) is 0 Å². The van der Waals surface area contributed by atoms with Crippen LogP contribution in [-0.4, -0.2) is 34.6 Å². The van der Waals surface area contributed by atoms with Gasteiger partial charge in [0.1, 0.15) is 11.4 Å². The predicted molar refractivity (Wildman–Crippen MR) is 81.3 cm³/mol. The number of rotatable bonds is 6. The number of carbonyl (C=O) groups is 1. The zero-order valence-corrected chi connectivity index (χ0v) is 13.4. The van der Waals surface area contributed by atoms with Crippen LogP contribution in [0.2, 0.25) is 0 Å². The van der Waals surface area contributed by atoms with Crippen LogP contribution in [0.15, 0.2) is 22.7 Å². The van der Waals surface area contributed by atoms with E-state index in [1.807, 2.05) is 25.1 Å². The number of aromatic nitrogens is 3. The topological polar surface area (TPSA) is 77.1 Å². The number of esters is 1. The molecule has 0 fully saturated rings. The van der Waals surface area contributed by atoms with E-state index in [-0.39, 0.29) is 12.3 Å². The molecular weight excluding hydrogens is 338 g/mol. The van der Waals surface area contributed by atoms with Gasteiger partial charge in [-0.2, -0.15) is 10.3 Å². The molecule has 0 spiro atoms. The van der Waals surface area contributed by atoms with Crippen LogP contribution in [0.5, 0.6) is 5.75 Å². The average Bonchev–Trinajstić information content (AvgIpc) is 2.94. The molecule has 6 nitrogen and oxygen atoms in total. The Morgan fingerprint density at radius 2 is 2.14 bits per heavy atom. The summed E-state index contributed by atoms with van der Waals surface area (Å²) >= 11 is 3.41. The van der Waals surface area contributed by atoms with Crippen molar-refractivity contribution in [2.45, 2.75) is 20.3 Å². The van der Waals surface area contributed by atoms with Crippen LogP contribution in [0.3, 0.4) is 0 Å². The molecule has 0 saturated carbocycles. The third kappa shape index (κ3) is 3.60. The van der Waals surface area contributed by atoms with Crippen molar-refractivity contribution in [2.75, 3.05) is 13.2 Å². The Hall–Kier alpha value is -1.89. The molecular formula is C14H16BrN3O3. The number of carbonyl (C=O) groups excluding carboxylic acids is 1. The molecule has 1 aromatic heterocycles. The number of nitrogens with zero attached hydrogens (tertiary/aromatic N) is 2. The Morgan fingerprint density at radius 1 is 1.33 bits per heavy atom. The van der Waals surface area contributed by atoms with Gasteiger partial charge in [0.2, 0.25) is 0 Å². The van der Waals surface area contributed by atoms with Crippen LogP contribution in [0.1, 0.15) is 30.8 Å². The van der Waals surface area contributed by atoms with Crippen LogP contribution in [0.25, 0.3) is 11.3 Å². The van der Waals surface area contributed by atoms with Crippen molar-refractivity contribution < 1.29 is 14.3 Å². The Labute approximate surface area is 131 Å². The van der Waals surface area contributed by atoms with E-state index in [2.05, 4.69) is 31.3 Å². The predicted octanol–water partition coefficient (Wildman–Crippen LogP) is 3.20. The molecule has 0 saturated heterocycles. The van der Waals surface area contributed by atoms with Gasteiger partial charge >= 0.3 is 5.97 Å². The molecule has 0 radical (unpaired) electrons. The molecule has 1 heterocycles. The van der Waals surface area contributed by atoms with Crippen molar-refractivity contribution in [3.05, 3.63) is 28.4 Å². The van der Waals surface area contributed by atoms with E-state index in [1.54, 1.807) is 6.92 Å². The molecule has 0 bridgehead atoms. The fourth-order valence-electron chi connectivity index (χ4n) is 1.78. The van der Waals surface area contributed by atoms with E-state index in [0.29, 0.717) is 23.6 Å². The fourth-order valence-corrected chi connectivity index (χ4v) is 2.12. The van der Waals surface area contributed by atoms with Crippen LogP contribution < -0.4 is 4.74 Å². The third-order valence-corrected chi connectivity index (χ3v) is 3.17. The second kappa shape index (κ2) is 7.21. The van der Waals surface area contributed by atoms with Gasteiger partial charge in [0, 0.05) is 10.0 Å². The zero-order chi connectivity index (χ0) is 15.2. The summed E-state index contributed by atoms with van der Waals surface area (Å²) in [6, 6.07) is 5.53. The van der Waals surface area contributed by atoms with Crippen LogP contribution in [-0.2, 0) is 4.74 Å². The van der Waals surface area contributed by atoms with Gasteiger partial charge in [0.05, 0.1) is 13.2 Å². The summed E-state index contributed by atoms with van der Waals surface area (Å²) in [6.07, 6.45) is 0.884. The second-order valence-corrected chi connectivity index (χ2v) is 5.15. The normalized spacial score (nSPS) is 10.4. The van der Waals surface area contributed by atoms with Gasteiger partial charge < -0.3 is 9.47 Å². The Kier molecular flexibility index (Phi) is 5.32. The molecule has 1 N–H and O–H groups in total. The van der Waals surface area contributed by atoms with Crippen LogP contribution in [0.4, 0.5) is 0 Å². The van der Waals surface area contributed by atoms with Crippen molar-refractivity contribution >= 4 is 21.9 Å². The molecule has 2 rings (SSSR count). The zero-order valence-electron chi connectivity index (χ0n) is 11.9. The standard InChI is InChI=1S/C14H16BrN3O3/c1-3-7-21-11-8-9(15)5-6-10(11)12-13(17-18-16-12)14(19)20-4-2/h5-6,8H,3-4,7H2,1-2H3,(H,16,17,18). The summed E-state index contributed by atoms with van der Waals surface area (Å²) in [4.78, 5) is 11.9. The van der Waals surface area contributed by atoms with Crippen LogP contribution >= 0.6 is 15.9 Å². The smallest absolute Gasteiger partial charge is 0.361 e. The molecule has 0 unspecified atom stereocenters. The molecule has 0 aliphatic rings. The van der Waals surface area contributed by atoms with Crippen molar-refractivity contribution in [2.24, 2.45) is 0 Å². The molecule has 2 aromatic rings. The van der Waals surface area contributed by atoms with Crippen molar-refractivity contribution in [1.82, 2.24) is 15.4 Å². The first-order chi connectivity index (χ1) is 10.2. The summed E-state index contributed by atoms with van der Waals surface area (Å²) in [5.41, 5.74) is 1.27. The van der Waals surface area contributed by atoms with E-state index in [4.69, 9.17) is 9.47 Å². The number of hydrogen-bond acceptors (Lipinski definition) is 5. The van der Waals surface area contributed by atoms with Crippen molar-refractivity contribution in [3.8, 4) is 17.0 Å². The van der Waals surface area contributed by atoms with E-state index in [0.717, 1.165) is 10.9 Å². The fraction of sp³-hybridized carbons (Fsp3) is 0.357. The van der Waals surface area contributed by atoms with Crippen LogP contribution in [0, 0.1) is 0 Å². The Balaban J connectivity index is 2.42. The highest BCUT2D eigenvalue weighted by molar-refractivity contribution is 9.10. The lowest BCUT2D eigenvalue weighted by Gasteiger charge is -2.10. The lowest BCUT2D eigenvalue weighted by Crippen LogP contribution is -2.07. The first-order valence-electron chi connectivity index (χ1n) is 6.68. The maximum atomic E-state index is 11.9. The van der Waals surface area contributed by atoms with Gasteiger partial charge in [-0.1, -0.05) is 22.9 Å². The SMILES string of the molecule is CCCOc1cc(Br)ccc1-c1n[nH]nc1C(=O)OCC. The molecule has 21 heavy (non-hydrogen) atoms. The lowest BCUT2D eigenvalue weighted by atomic mass is 10.1. The third-order valence-electron chi connectivity index (χ3n) is 2.68. The number of halogens is 1. The summed E-state index contributed by atoms with van der Waals surface area (Å²) < 4.78 is 11.6. The minimum atomic E-state index is -0.509. The minimum Gasteiger partial charge on any atom is -0.493 e. The molecule has 112 valence electrons. The van der Waals surface area contributed by atoms with Gasteiger partial charge in [-0.25, -0.2) is 4.79 Å². The maximum absolute atomic E-state index is 11.9. The number of benzene rings is 1. The van der Waals surface area contributed by atoms with Gasteiger partial charge in [-0.15, -0.1) is 5.10 Å². The number of ether oxygens (including phenoxy) is 2. The second-order valence-electron chi connectivity index (χ2n) is 4.23. The number of hydrogen-bond donors (Lipinski definition) is 1. The van der Waals surface area contributed by atoms with E-state index >= 15 is 0 Å². The van der Waals surface area contributed by atoms with E-state index < -0.39 is 5.97 Å². The Morgan fingerprint density at radius 3 is 2.86 bits per heavy atom. The summed E-state index contributed by atoms with van der Waals surface area (Å²) in [5, 5.41) is 10.4. The number of H-pyrrole nitrogens is 1. The van der Waals surface area contributed by atoms with Crippen molar-refractivity contribution in [1.29, 1.82) is 0 Å². The summed E-state index contributed by atoms with van der Waals surface area (Å²) in [6.45, 7) is 4.63. The highest BCUT2D eigenvalue weighted by atomic mass is 79.9. The quantitative estimate of drug-likeness (QED) is 0.806. The van der Waals surface area contributed by atoms with E-state index in [1.165, 1.54) is 0 Å². The first kappa shape index (κ1) is 15.5. The molecule has 0 amide bonds. The molecule has 1 aromatic carbocycles. The molecule has 0 aliphatic heterocycles. The Bertz CT molecular complexity index is 628. The molecule has 0 aliphatic carbocycles. The van der Waals surface area contributed by atoms with Gasteiger partial charge in [0.25, 0.3) is 0 Å². The molecule has 7 heteroatoms. The van der Waals surface area contributed by atoms with Gasteiger partial charge in [-0.05, 0) is 31.5 Å². The van der Waals surface area contributed by atoms with Gasteiger partial charge in [0.15, 0.2) is 5.69 Å². The minimum absolute atomic E-state index is 0.153. The highest BCUT2D eigenvalue weighted by Gasteiger charge is 2.21. The number of aromatic amines is 1. The summed E-state index contributed by atoms with van der Waals surface area (Å²) in [7, 11) is 0. The first-order valence-corrected chi connectivity index (χ1v) is 7.47. The largest absolute Gasteiger partial charge is 0.493 e. The maximum Gasteiger partial charge on any atom is 0.361 e. The lowest BCUT2D eigenvalue weighted by molar-refractivity contribution is 0.0520. The van der Waals surface area contributed by atoms with Gasteiger partial charge in [-0.3, -0.25) is 0 Å². The summed E-state index contributed by atoms with van der Waals surface area (Å²) in [5.74, 6) is 0.135. The average molecular weight is 354 g/mol. The monoisotopic (exact) mass is 353 g/mol. The highest BCUT2D eigenvalue weighted by Crippen LogP contribution is 2.33. The number of nitrogens with one attached hydrogen (secondary N) is 1. The molecule has 0 atom stereocenters.